The molecule has 0 atom stereocenters. The van der Waals surface area contributed by atoms with Gasteiger partial charge in [0.25, 0.3) is 0 Å². The van der Waals surface area contributed by atoms with Crippen LogP contribution in [0, 0.1) is 5.82 Å². The summed E-state index contributed by atoms with van der Waals surface area (Å²) in [7, 11) is 1.61. The van der Waals surface area contributed by atoms with Gasteiger partial charge in [0.2, 0.25) is 0 Å². The molecule has 0 amide bonds. The van der Waals surface area contributed by atoms with E-state index in [0.717, 1.165) is 17.0 Å². The van der Waals surface area contributed by atoms with Crippen molar-refractivity contribution < 1.29 is 9.13 Å². The van der Waals surface area contributed by atoms with Crippen molar-refractivity contribution in [2.45, 2.75) is 0 Å². The molecule has 2 aromatic carbocycles. The maximum Gasteiger partial charge on any atom is 0.123 e. The number of hydrogen-bond donors (Lipinski definition) is 0. The van der Waals surface area contributed by atoms with Gasteiger partial charge < -0.3 is 4.74 Å². The topological polar surface area (TPSA) is 21.6 Å². The van der Waals surface area contributed by atoms with E-state index in [4.69, 9.17) is 4.74 Å². The van der Waals surface area contributed by atoms with E-state index in [-0.39, 0.29) is 5.82 Å². The lowest BCUT2D eigenvalue weighted by molar-refractivity contribution is 0.415. The molecule has 86 valence electrons. The van der Waals surface area contributed by atoms with Gasteiger partial charge in [0.15, 0.2) is 0 Å². The van der Waals surface area contributed by atoms with Crippen LogP contribution in [-0.4, -0.2) is 13.3 Å². The first-order valence-corrected chi connectivity index (χ1v) is 5.21. The Bertz CT molecular complexity index is 520. The normalized spacial score (nSPS) is 10.7. The number of nitrogens with zero attached hydrogens (tertiary/aromatic N) is 1. The molecular formula is C14H12FNO. The van der Waals surface area contributed by atoms with Crippen LogP contribution in [0.4, 0.5) is 10.1 Å². The van der Waals surface area contributed by atoms with Crippen LogP contribution >= 0.6 is 0 Å². The summed E-state index contributed by atoms with van der Waals surface area (Å²) in [4.78, 5) is 4.29. The van der Waals surface area contributed by atoms with Crippen LogP contribution in [0.15, 0.2) is 53.5 Å². The molecule has 17 heavy (non-hydrogen) atoms. The first-order chi connectivity index (χ1) is 8.28. The summed E-state index contributed by atoms with van der Waals surface area (Å²) < 4.78 is 17.8. The molecule has 0 bridgehead atoms. The number of aliphatic imine (C=N–C) groups is 1. The Labute approximate surface area is 99.4 Å². The Morgan fingerprint density at radius 1 is 1.12 bits per heavy atom. The fraction of sp³-hybridized carbons (Fsp3) is 0.0714. The second-order valence-corrected chi connectivity index (χ2v) is 3.51. The van der Waals surface area contributed by atoms with Crippen molar-refractivity contribution in [1.29, 1.82) is 0 Å². The Hall–Kier alpha value is -2.16. The van der Waals surface area contributed by atoms with Gasteiger partial charge in [-0.05, 0) is 29.8 Å². The molecule has 2 aromatic rings. The minimum Gasteiger partial charge on any atom is -0.497 e. The first-order valence-electron chi connectivity index (χ1n) is 5.21. The molecule has 0 heterocycles. The summed E-state index contributed by atoms with van der Waals surface area (Å²) in [6, 6.07) is 13.6. The lowest BCUT2D eigenvalue weighted by atomic mass is 10.2. The molecule has 0 aliphatic heterocycles. The molecule has 0 aromatic heterocycles. The van der Waals surface area contributed by atoms with Gasteiger partial charge in [0.1, 0.15) is 11.6 Å². The third-order valence-corrected chi connectivity index (χ3v) is 2.29. The van der Waals surface area contributed by atoms with Crippen LogP contribution in [0.3, 0.4) is 0 Å². The number of hydrogen-bond acceptors (Lipinski definition) is 2. The maximum absolute atomic E-state index is 12.7. The zero-order chi connectivity index (χ0) is 12.1. The molecule has 0 aliphatic rings. The highest BCUT2D eigenvalue weighted by Gasteiger charge is 1.93. The zero-order valence-corrected chi connectivity index (χ0v) is 9.43. The van der Waals surface area contributed by atoms with Crippen molar-refractivity contribution in [3.63, 3.8) is 0 Å². The largest absolute Gasteiger partial charge is 0.497 e. The van der Waals surface area contributed by atoms with Crippen LogP contribution in [0.1, 0.15) is 5.56 Å². The molecule has 3 heteroatoms. The Kier molecular flexibility index (Phi) is 3.50. The predicted octanol–water partition coefficient (Wildman–Crippen LogP) is 3.58. The van der Waals surface area contributed by atoms with E-state index in [9.17, 15) is 4.39 Å². The van der Waals surface area contributed by atoms with Crippen LogP contribution < -0.4 is 4.74 Å². The van der Waals surface area contributed by atoms with Crippen molar-refractivity contribution in [1.82, 2.24) is 0 Å². The fourth-order valence-electron chi connectivity index (χ4n) is 1.39. The van der Waals surface area contributed by atoms with Crippen molar-refractivity contribution in [2.24, 2.45) is 4.99 Å². The molecule has 0 fully saturated rings. The molecule has 0 saturated carbocycles. The van der Waals surface area contributed by atoms with Gasteiger partial charge in [0, 0.05) is 12.3 Å². The molecule has 0 aliphatic carbocycles. The molecule has 2 rings (SSSR count). The SMILES string of the molecule is COc1cccc(N=Cc2ccc(F)cc2)c1. The predicted molar refractivity (Wildman–Crippen MR) is 66.6 cm³/mol. The quantitative estimate of drug-likeness (QED) is 0.737. The first kappa shape index (κ1) is 11.3. The van der Waals surface area contributed by atoms with Crippen LogP contribution in [0.2, 0.25) is 0 Å². The van der Waals surface area contributed by atoms with Gasteiger partial charge in [-0.2, -0.15) is 0 Å². The Morgan fingerprint density at radius 2 is 1.88 bits per heavy atom. The third-order valence-electron chi connectivity index (χ3n) is 2.29. The van der Waals surface area contributed by atoms with Crippen molar-refractivity contribution >= 4 is 11.9 Å². The van der Waals surface area contributed by atoms with Gasteiger partial charge in [-0.3, -0.25) is 4.99 Å². The van der Waals surface area contributed by atoms with Crippen LogP contribution in [0.25, 0.3) is 0 Å². The average molecular weight is 229 g/mol. The van der Waals surface area contributed by atoms with Gasteiger partial charge in [-0.25, -0.2) is 4.39 Å². The summed E-state index contributed by atoms with van der Waals surface area (Å²) in [5.74, 6) is 0.516. The molecule has 0 saturated heterocycles. The van der Waals surface area contributed by atoms with Crippen molar-refractivity contribution in [3.8, 4) is 5.75 Å². The average Bonchev–Trinajstić information content (AvgIpc) is 2.38. The third kappa shape index (κ3) is 3.14. The lowest BCUT2D eigenvalue weighted by Gasteiger charge is -1.99. The van der Waals surface area contributed by atoms with E-state index < -0.39 is 0 Å². The Morgan fingerprint density at radius 3 is 2.59 bits per heavy atom. The summed E-state index contributed by atoms with van der Waals surface area (Å²) in [5, 5.41) is 0. The number of rotatable bonds is 3. The zero-order valence-electron chi connectivity index (χ0n) is 9.43. The summed E-state index contributed by atoms with van der Waals surface area (Å²) in [6.07, 6.45) is 1.69. The van der Waals surface area contributed by atoms with E-state index in [1.54, 1.807) is 25.5 Å². The highest BCUT2D eigenvalue weighted by Crippen LogP contribution is 2.19. The number of methoxy groups -OCH3 is 1. The number of ether oxygens (including phenoxy) is 1. The second kappa shape index (κ2) is 5.25. The second-order valence-electron chi connectivity index (χ2n) is 3.51. The van der Waals surface area contributed by atoms with E-state index in [1.165, 1.54) is 12.1 Å². The van der Waals surface area contributed by atoms with Gasteiger partial charge in [-0.15, -0.1) is 0 Å². The fourth-order valence-corrected chi connectivity index (χ4v) is 1.39. The summed E-state index contributed by atoms with van der Waals surface area (Å²) >= 11 is 0. The molecule has 0 unspecified atom stereocenters. The smallest absolute Gasteiger partial charge is 0.123 e. The highest BCUT2D eigenvalue weighted by atomic mass is 19.1. The molecule has 0 spiro atoms. The summed E-state index contributed by atoms with van der Waals surface area (Å²) in [5.41, 5.74) is 1.66. The van der Waals surface area contributed by atoms with Gasteiger partial charge >= 0.3 is 0 Å². The lowest BCUT2D eigenvalue weighted by Crippen LogP contribution is -1.82. The number of benzene rings is 2. The van der Waals surface area contributed by atoms with Crippen LogP contribution in [0.5, 0.6) is 5.75 Å². The van der Waals surface area contributed by atoms with E-state index >= 15 is 0 Å². The van der Waals surface area contributed by atoms with Gasteiger partial charge in [0.05, 0.1) is 12.8 Å². The van der Waals surface area contributed by atoms with Crippen molar-refractivity contribution in [3.05, 3.63) is 59.9 Å². The number of halogens is 1. The minimum absolute atomic E-state index is 0.247. The molecular weight excluding hydrogens is 217 g/mol. The van der Waals surface area contributed by atoms with E-state index in [0.29, 0.717) is 0 Å². The van der Waals surface area contributed by atoms with E-state index in [2.05, 4.69) is 4.99 Å². The monoisotopic (exact) mass is 229 g/mol. The molecule has 2 nitrogen and oxygen atoms in total. The summed E-state index contributed by atoms with van der Waals surface area (Å²) in [6.45, 7) is 0. The van der Waals surface area contributed by atoms with E-state index in [1.807, 2.05) is 24.3 Å². The maximum atomic E-state index is 12.7. The molecule has 0 N–H and O–H groups in total. The standard InChI is InChI=1S/C14H12FNO/c1-17-14-4-2-3-13(9-14)16-10-11-5-7-12(15)8-6-11/h2-10H,1H3. The Balaban J connectivity index is 2.16. The minimum atomic E-state index is -0.247. The molecule has 0 radical (unpaired) electrons. The van der Waals surface area contributed by atoms with Crippen LogP contribution in [-0.2, 0) is 0 Å². The highest BCUT2D eigenvalue weighted by molar-refractivity contribution is 5.81. The van der Waals surface area contributed by atoms with Crippen molar-refractivity contribution in [2.75, 3.05) is 7.11 Å². The van der Waals surface area contributed by atoms with Gasteiger partial charge in [-0.1, -0.05) is 18.2 Å².